The van der Waals surface area contributed by atoms with Crippen molar-refractivity contribution in [1.82, 2.24) is 9.55 Å². The van der Waals surface area contributed by atoms with Gasteiger partial charge in [-0.15, -0.1) is 11.3 Å². The standard InChI is InChI=1S/C29H25N3O3S/c1-3-20-9-11-21(12-10-20)25-17-36-28-26(25)29(34)32(18-30-28)19(2)27(33)31-22-13-15-24(16-14-22)35-23-7-5-4-6-8-23/h4-19H,3H2,1-2H3,(H,31,33). The predicted molar refractivity (Wildman–Crippen MR) is 145 cm³/mol. The molecule has 36 heavy (non-hydrogen) atoms. The summed E-state index contributed by atoms with van der Waals surface area (Å²) in [7, 11) is 0. The fourth-order valence-corrected chi connectivity index (χ4v) is 4.86. The molecule has 0 bridgehead atoms. The van der Waals surface area contributed by atoms with E-state index in [1.807, 2.05) is 47.8 Å². The van der Waals surface area contributed by atoms with Crippen LogP contribution >= 0.6 is 11.3 Å². The van der Waals surface area contributed by atoms with Crippen LogP contribution < -0.4 is 15.6 Å². The molecular weight excluding hydrogens is 470 g/mol. The number of amides is 1. The molecule has 3 aromatic carbocycles. The summed E-state index contributed by atoms with van der Waals surface area (Å²) >= 11 is 1.43. The number of fused-ring (bicyclic) bond motifs is 1. The van der Waals surface area contributed by atoms with Crippen LogP contribution in [0.3, 0.4) is 0 Å². The van der Waals surface area contributed by atoms with E-state index in [2.05, 4.69) is 29.4 Å². The molecule has 1 amide bonds. The third-order valence-corrected chi connectivity index (χ3v) is 6.98. The van der Waals surface area contributed by atoms with Gasteiger partial charge in [-0.2, -0.15) is 0 Å². The first-order valence-electron chi connectivity index (χ1n) is 11.7. The maximum atomic E-state index is 13.5. The zero-order valence-electron chi connectivity index (χ0n) is 20.0. The van der Waals surface area contributed by atoms with Crippen LogP contribution in [0.2, 0.25) is 0 Å². The van der Waals surface area contributed by atoms with Gasteiger partial charge in [0.25, 0.3) is 5.56 Å². The van der Waals surface area contributed by atoms with Gasteiger partial charge < -0.3 is 10.1 Å². The normalized spacial score (nSPS) is 11.8. The average Bonchev–Trinajstić information content (AvgIpc) is 3.35. The van der Waals surface area contributed by atoms with Crippen molar-refractivity contribution in [3.05, 3.63) is 106 Å². The summed E-state index contributed by atoms with van der Waals surface area (Å²) in [4.78, 5) is 31.6. The lowest BCUT2D eigenvalue weighted by molar-refractivity contribution is -0.118. The van der Waals surface area contributed by atoms with Crippen LogP contribution in [-0.2, 0) is 11.2 Å². The second-order valence-corrected chi connectivity index (χ2v) is 9.30. The molecule has 6 nitrogen and oxygen atoms in total. The number of hydrogen-bond acceptors (Lipinski definition) is 5. The van der Waals surface area contributed by atoms with Gasteiger partial charge in [0.05, 0.1) is 11.7 Å². The molecule has 1 unspecified atom stereocenters. The van der Waals surface area contributed by atoms with Crippen molar-refractivity contribution >= 4 is 33.1 Å². The van der Waals surface area contributed by atoms with Gasteiger partial charge in [-0.25, -0.2) is 4.98 Å². The van der Waals surface area contributed by atoms with Gasteiger partial charge in [0.15, 0.2) is 0 Å². The Kier molecular flexibility index (Phi) is 6.64. The van der Waals surface area contributed by atoms with Crippen LogP contribution in [0.15, 0.2) is 95.4 Å². The highest BCUT2D eigenvalue weighted by atomic mass is 32.1. The van der Waals surface area contributed by atoms with Gasteiger partial charge in [0, 0.05) is 16.6 Å². The van der Waals surface area contributed by atoms with E-state index in [0.717, 1.165) is 23.3 Å². The van der Waals surface area contributed by atoms with E-state index in [9.17, 15) is 9.59 Å². The summed E-state index contributed by atoms with van der Waals surface area (Å²) in [6, 6.07) is 24.0. The first-order valence-corrected chi connectivity index (χ1v) is 12.6. The number of carbonyl (C=O) groups is 1. The summed E-state index contributed by atoms with van der Waals surface area (Å²) in [5.74, 6) is 1.09. The predicted octanol–water partition coefficient (Wildman–Crippen LogP) is 6.68. The Morgan fingerprint density at radius 1 is 1.00 bits per heavy atom. The van der Waals surface area contributed by atoms with E-state index in [0.29, 0.717) is 21.7 Å². The number of carbonyl (C=O) groups excluding carboxylic acids is 1. The van der Waals surface area contributed by atoms with Crippen LogP contribution in [0.1, 0.15) is 25.5 Å². The van der Waals surface area contributed by atoms with Gasteiger partial charge in [-0.3, -0.25) is 14.2 Å². The molecule has 7 heteroatoms. The SMILES string of the molecule is CCc1ccc(-c2csc3ncn(C(C)C(=O)Nc4ccc(Oc5ccccc5)cc4)c(=O)c23)cc1. The zero-order chi connectivity index (χ0) is 25.1. The Balaban J connectivity index is 1.35. The Bertz CT molecular complexity index is 1560. The number of thiophene rings is 1. The number of nitrogens with zero attached hydrogens (tertiary/aromatic N) is 2. The quantitative estimate of drug-likeness (QED) is 0.273. The maximum Gasteiger partial charge on any atom is 0.263 e. The van der Waals surface area contributed by atoms with Crippen LogP contribution in [-0.4, -0.2) is 15.5 Å². The molecule has 0 spiro atoms. The van der Waals surface area contributed by atoms with Gasteiger partial charge in [0.2, 0.25) is 5.91 Å². The third kappa shape index (κ3) is 4.78. The second-order valence-electron chi connectivity index (χ2n) is 8.44. The van der Waals surface area contributed by atoms with E-state index < -0.39 is 6.04 Å². The van der Waals surface area contributed by atoms with Crippen molar-refractivity contribution in [2.75, 3.05) is 5.32 Å². The number of rotatable bonds is 7. The molecule has 0 aliphatic rings. The molecule has 5 rings (SSSR count). The molecule has 2 aromatic heterocycles. The maximum absolute atomic E-state index is 13.5. The first kappa shape index (κ1) is 23.5. The number of anilines is 1. The lowest BCUT2D eigenvalue weighted by Gasteiger charge is -2.15. The number of nitrogens with one attached hydrogen (secondary N) is 1. The van der Waals surface area contributed by atoms with Gasteiger partial charge in [-0.1, -0.05) is 49.4 Å². The van der Waals surface area contributed by atoms with Crippen molar-refractivity contribution in [2.45, 2.75) is 26.3 Å². The second kappa shape index (κ2) is 10.2. The molecule has 180 valence electrons. The first-order chi connectivity index (χ1) is 17.5. The van der Waals surface area contributed by atoms with E-state index in [1.165, 1.54) is 27.8 Å². The lowest BCUT2D eigenvalue weighted by Crippen LogP contribution is -2.31. The number of aryl methyl sites for hydroxylation is 1. The van der Waals surface area contributed by atoms with Crippen LogP contribution in [0.4, 0.5) is 5.69 Å². The highest BCUT2D eigenvalue weighted by Crippen LogP contribution is 2.31. The summed E-state index contributed by atoms with van der Waals surface area (Å²) < 4.78 is 7.19. The molecule has 0 aliphatic carbocycles. The minimum Gasteiger partial charge on any atom is -0.457 e. The molecule has 1 atom stereocenters. The van der Waals surface area contributed by atoms with Crippen molar-refractivity contribution in [1.29, 1.82) is 0 Å². The highest BCUT2D eigenvalue weighted by Gasteiger charge is 2.20. The van der Waals surface area contributed by atoms with E-state index in [-0.39, 0.29) is 11.5 Å². The molecule has 0 aliphatic heterocycles. The Morgan fingerprint density at radius 3 is 2.39 bits per heavy atom. The largest absolute Gasteiger partial charge is 0.457 e. The lowest BCUT2D eigenvalue weighted by atomic mass is 10.0. The van der Waals surface area contributed by atoms with E-state index >= 15 is 0 Å². The topological polar surface area (TPSA) is 73.2 Å². The minimum absolute atomic E-state index is 0.231. The Hall–Kier alpha value is -4.23. The molecule has 5 aromatic rings. The number of ether oxygens (including phenoxy) is 1. The summed E-state index contributed by atoms with van der Waals surface area (Å²) in [6.45, 7) is 3.80. The number of benzene rings is 3. The molecule has 1 N–H and O–H groups in total. The van der Waals surface area contributed by atoms with E-state index in [4.69, 9.17) is 4.74 Å². The van der Waals surface area contributed by atoms with Crippen molar-refractivity contribution in [3.63, 3.8) is 0 Å². The van der Waals surface area contributed by atoms with Crippen LogP contribution in [0.25, 0.3) is 21.3 Å². The molecule has 0 saturated carbocycles. The Labute approximate surface area is 212 Å². The molecule has 0 radical (unpaired) electrons. The van der Waals surface area contributed by atoms with Crippen LogP contribution in [0, 0.1) is 0 Å². The number of aromatic nitrogens is 2. The summed E-state index contributed by atoms with van der Waals surface area (Å²) in [5, 5.41) is 5.37. The highest BCUT2D eigenvalue weighted by molar-refractivity contribution is 7.17. The average molecular weight is 496 g/mol. The fourth-order valence-electron chi connectivity index (χ4n) is 3.96. The fraction of sp³-hybridized carbons (Fsp3) is 0.138. The van der Waals surface area contributed by atoms with Gasteiger partial charge in [0.1, 0.15) is 22.4 Å². The number of hydrogen-bond donors (Lipinski definition) is 1. The smallest absolute Gasteiger partial charge is 0.263 e. The Morgan fingerprint density at radius 2 is 1.69 bits per heavy atom. The third-order valence-electron chi connectivity index (χ3n) is 6.09. The monoisotopic (exact) mass is 495 g/mol. The summed E-state index contributed by atoms with van der Waals surface area (Å²) in [6.07, 6.45) is 2.40. The van der Waals surface area contributed by atoms with Crippen molar-refractivity contribution in [3.8, 4) is 22.6 Å². The zero-order valence-corrected chi connectivity index (χ0v) is 20.8. The van der Waals surface area contributed by atoms with Gasteiger partial charge >= 0.3 is 0 Å². The van der Waals surface area contributed by atoms with Crippen LogP contribution in [0.5, 0.6) is 11.5 Å². The van der Waals surface area contributed by atoms with Crippen molar-refractivity contribution < 1.29 is 9.53 Å². The number of para-hydroxylation sites is 1. The van der Waals surface area contributed by atoms with Crippen molar-refractivity contribution in [2.24, 2.45) is 0 Å². The van der Waals surface area contributed by atoms with E-state index in [1.54, 1.807) is 31.2 Å². The molecule has 2 heterocycles. The minimum atomic E-state index is -0.745. The molecule has 0 fully saturated rings. The molecular formula is C29H25N3O3S. The summed E-state index contributed by atoms with van der Waals surface area (Å²) in [5.41, 5.74) is 3.42. The van der Waals surface area contributed by atoms with Gasteiger partial charge in [-0.05, 0) is 60.9 Å². The molecule has 0 saturated heterocycles.